The van der Waals surface area contributed by atoms with Gasteiger partial charge in [0.25, 0.3) is 0 Å². The molecule has 0 bridgehead atoms. The smallest absolute Gasteiger partial charge is 0.237 e. The summed E-state index contributed by atoms with van der Waals surface area (Å²) in [6.07, 6.45) is 1.92. The van der Waals surface area contributed by atoms with E-state index < -0.39 is 5.54 Å². The van der Waals surface area contributed by atoms with Gasteiger partial charge in [0.1, 0.15) is 6.04 Å². The second-order valence-electron chi connectivity index (χ2n) is 6.84. The van der Waals surface area contributed by atoms with Crippen molar-refractivity contribution >= 4 is 11.8 Å². The molecule has 1 heterocycles. The number of amides is 2. The van der Waals surface area contributed by atoms with E-state index in [4.69, 9.17) is 5.26 Å². The molecule has 1 saturated heterocycles. The highest BCUT2D eigenvalue weighted by Crippen LogP contribution is 2.19. The standard InChI is InChI=1S/C19H26N4O2/c1-19(2,15-7-4-3-5-8-15)22-17(24)10-11-21-14-18(25)23-12-6-9-16(23)13-20/h3-5,7-8,16,21H,6,9-12,14H2,1-2H3,(H,22,24). The molecule has 1 atom stereocenters. The number of nitrogens with one attached hydrogen (secondary N) is 2. The van der Waals surface area contributed by atoms with Crippen LogP contribution in [0, 0.1) is 11.3 Å². The van der Waals surface area contributed by atoms with Gasteiger partial charge in [0.2, 0.25) is 11.8 Å². The number of benzene rings is 1. The van der Waals surface area contributed by atoms with Crippen LogP contribution in [0.5, 0.6) is 0 Å². The summed E-state index contributed by atoms with van der Waals surface area (Å²) in [6, 6.07) is 11.7. The van der Waals surface area contributed by atoms with Crippen LogP contribution in [0.1, 0.15) is 38.7 Å². The molecule has 2 amide bonds. The molecule has 0 aliphatic carbocycles. The van der Waals surface area contributed by atoms with Crippen molar-refractivity contribution in [3.8, 4) is 6.07 Å². The van der Waals surface area contributed by atoms with Crippen LogP contribution < -0.4 is 10.6 Å². The summed E-state index contributed by atoms with van der Waals surface area (Å²) in [7, 11) is 0. The first-order chi connectivity index (χ1) is 11.9. The van der Waals surface area contributed by atoms with Gasteiger partial charge >= 0.3 is 0 Å². The van der Waals surface area contributed by atoms with E-state index in [2.05, 4.69) is 16.7 Å². The molecular weight excluding hydrogens is 316 g/mol. The van der Waals surface area contributed by atoms with Crippen LogP contribution in [-0.4, -0.2) is 42.4 Å². The van der Waals surface area contributed by atoms with Gasteiger partial charge in [-0.15, -0.1) is 0 Å². The number of likely N-dealkylation sites (tertiary alicyclic amines) is 1. The molecule has 1 aromatic carbocycles. The summed E-state index contributed by atoms with van der Waals surface area (Å²) in [5.41, 5.74) is 0.604. The molecule has 1 aliphatic heterocycles. The van der Waals surface area contributed by atoms with Crippen LogP contribution in [0.25, 0.3) is 0 Å². The van der Waals surface area contributed by atoms with Gasteiger partial charge in [0.15, 0.2) is 0 Å². The predicted octanol–water partition coefficient (Wildman–Crippen LogP) is 1.53. The Hall–Kier alpha value is -2.39. The number of carbonyl (C=O) groups is 2. The van der Waals surface area contributed by atoms with Crippen molar-refractivity contribution in [2.75, 3.05) is 19.6 Å². The Kier molecular flexibility index (Phi) is 6.54. The lowest BCUT2D eigenvalue weighted by Gasteiger charge is -2.27. The molecule has 0 saturated carbocycles. The Balaban J connectivity index is 1.70. The van der Waals surface area contributed by atoms with E-state index in [1.807, 2.05) is 44.2 Å². The van der Waals surface area contributed by atoms with Crippen molar-refractivity contribution in [3.05, 3.63) is 35.9 Å². The molecule has 2 rings (SSSR count). The first kappa shape index (κ1) is 18.9. The van der Waals surface area contributed by atoms with Gasteiger partial charge in [0.05, 0.1) is 18.2 Å². The van der Waals surface area contributed by atoms with E-state index in [1.54, 1.807) is 4.90 Å². The average Bonchev–Trinajstić information content (AvgIpc) is 3.08. The van der Waals surface area contributed by atoms with Crippen LogP contribution in [0.4, 0.5) is 0 Å². The van der Waals surface area contributed by atoms with Crippen molar-refractivity contribution in [2.24, 2.45) is 0 Å². The van der Waals surface area contributed by atoms with Gasteiger partial charge in [-0.3, -0.25) is 9.59 Å². The average molecular weight is 342 g/mol. The zero-order valence-corrected chi connectivity index (χ0v) is 14.9. The van der Waals surface area contributed by atoms with Crippen molar-refractivity contribution in [1.82, 2.24) is 15.5 Å². The van der Waals surface area contributed by atoms with Crippen LogP contribution >= 0.6 is 0 Å². The van der Waals surface area contributed by atoms with Crippen LogP contribution in [-0.2, 0) is 15.1 Å². The minimum Gasteiger partial charge on any atom is -0.347 e. The fourth-order valence-corrected chi connectivity index (χ4v) is 3.04. The highest BCUT2D eigenvalue weighted by Gasteiger charge is 2.28. The number of carbonyl (C=O) groups excluding carboxylic acids is 2. The molecule has 134 valence electrons. The predicted molar refractivity (Wildman–Crippen MR) is 95.4 cm³/mol. The van der Waals surface area contributed by atoms with Crippen LogP contribution in [0.3, 0.4) is 0 Å². The summed E-state index contributed by atoms with van der Waals surface area (Å²) in [6.45, 7) is 5.16. The van der Waals surface area contributed by atoms with Crippen molar-refractivity contribution in [3.63, 3.8) is 0 Å². The maximum Gasteiger partial charge on any atom is 0.237 e. The molecule has 6 heteroatoms. The van der Waals surface area contributed by atoms with Crippen molar-refractivity contribution in [2.45, 2.75) is 44.7 Å². The summed E-state index contributed by atoms with van der Waals surface area (Å²) in [5, 5.41) is 15.0. The Morgan fingerprint density at radius 3 is 2.72 bits per heavy atom. The zero-order chi connectivity index (χ0) is 18.3. The number of nitrogens with zero attached hydrogens (tertiary/aromatic N) is 2. The third-order valence-electron chi connectivity index (χ3n) is 4.47. The molecule has 1 fully saturated rings. The SMILES string of the molecule is CC(C)(NC(=O)CCNCC(=O)N1CCCC1C#N)c1ccccc1. The lowest BCUT2D eigenvalue weighted by atomic mass is 9.94. The molecule has 1 aliphatic rings. The van der Waals surface area contributed by atoms with Gasteiger partial charge in [-0.2, -0.15) is 5.26 Å². The summed E-state index contributed by atoms with van der Waals surface area (Å²) < 4.78 is 0. The fraction of sp³-hybridized carbons (Fsp3) is 0.526. The molecule has 25 heavy (non-hydrogen) atoms. The van der Waals surface area contributed by atoms with Crippen LogP contribution in [0.2, 0.25) is 0 Å². The number of nitriles is 1. The quantitative estimate of drug-likeness (QED) is 0.736. The Morgan fingerprint density at radius 1 is 1.32 bits per heavy atom. The normalized spacial score (nSPS) is 17.2. The van der Waals surface area contributed by atoms with Crippen molar-refractivity contribution in [1.29, 1.82) is 5.26 Å². The van der Waals surface area contributed by atoms with E-state index in [1.165, 1.54) is 0 Å². The topological polar surface area (TPSA) is 85.2 Å². The molecule has 1 unspecified atom stereocenters. The lowest BCUT2D eigenvalue weighted by molar-refractivity contribution is -0.130. The maximum atomic E-state index is 12.1. The largest absolute Gasteiger partial charge is 0.347 e. The molecule has 2 N–H and O–H groups in total. The Labute approximate surface area is 149 Å². The van der Waals surface area contributed by atoms with E-state index in [0.717, 1.165) is 18.4 Å². The summed E-state index contributed by atoms with van der Waals surface area (Å²) in [5.74, 6) is -0.140. The molecule has 0 spiro atoms. The van der Waals surface area contributed by atoms with Gasteiger partial charge in [-0.25, -0.2) is 0 Å². The van der Waals surface area contributed by atoms with Gasteiger partial charge < -0.3 is 15.5 Å². The highest BCUT2D eigenvalue weighted by atomic mass is 16.2. The third kappa shape index (κ3) is 5.30. The highest BCUT2D eigenvalue weighted by molar-refractivity contribution is 5.79. The van der Waals surface area contributed by atoms with Gasteiger partial charge in [0, 0.05) is 19.5 Å². The fourth-order valence-electron chi connectivity index (χ4n) is 3.04. The molecular formula is C19H26N4O2. The van der Waals surface area contributed by atoms with E-state index in [0.29, 0.717) is 19.5 Å². The lowest BCUT2D eigenvalue weighted by Crippen LogP contribution is -2.43. The number of rotatable bonds is 7. The summed E-state index contributed by atoms with van der Waals surface area (Å²) in [4.78, 5) is 25.8. The minimum absolute atomic E-state index is 0.0649. The van der Waals surface area contributed by atoms with E-state index in [-0.39, 0.29) is 24.4 Å². The van der Waals surface area contributed by atoms with Gasteiger partial charge in [-0.05, 0) is 32.3 Å². The van der Waals surface area contributed by atoms with E-state index >= 15 is 0 Å². The zero-order valence-electron chi connectivity index (χ0n) is 14.9. The molecule has 0 aromatic heterocycles. The second-order valence-corrected chi connectivity index (χ2v) is 6.84. The first-order valence-electron chi connectivity index (χ1n) is 8.70. The number of hydrogen-bond donors (Lipinski definition) is 2. The van der Waals surface area contributed by atoms with Crippen LogP contribution in [0.15, 0.2) is 30.3 Å². The molecule has 0 radical (unpaired) electrons. The van der Waals surface area contributed by atoms with E-state index in [9.17, 15) is 9.59 Å². The van der Waals surface area contributed by atoms with Gasteiger partial charge in [-0.1, -0.05) is 30.3 Å². The summed E-state index contributed by atoms with van der Waals surface area (Å²) >= 11 is 0. The maximum absolute atomic E-state index is 12.1. The van der Waals surface area contributed by atoms with Crippen molar-refractivity contribution < 1.29 is 9.59 Å². The second kappa shape index (κ2) is 8.63. The Bertz CT molecular complexity index is 637. The molecule has 1 aromatic rings. The Morgan fingerprint density at radius 2 is 2.04 bits per heavy atom. The first-order valence-corrected chi connectivity index (χ1v) is 8.70. The minimum atomic E-state index is -0.441. The molecule has 6 nitrogen and oxygen atoms in total. The number of hydrogen-bond acceptors (Lipinski definition) is 4. The monoisotopic (exact) mass is 342 g/mol. The third-order valence-corrected chi connectivity index (χ3v) is 4.47.